The molecule has 9 aromatic carbocycles. The first-order valence-electron chi connectivity index (χ1n) is 16.2. The molecule has 0 nitrogen and oxygen atoms in total. The van der Waals surface area contributed by atoms with Crippen molar-refractivity contribution in [3.05, 3.63) is 182 Å². The fourth-order valence-electron chi connectivity index (χ4n) is 7.21. The Kier molecular flexibility index (Phi) is 6.77. The number of rotatable bonds is 5. The van der Waals surface area contributed by atoms with Crippen molar-refractivity contribution in [3.8, 4) is 33.4 Å². The van der Waals surface area contributed by atoms with E-state index >= 15 is 0 Å². The average molecular weight is 611 g/mol. The first kappa shape index (κ1) is 27.5. The third-order valence-electron chi connectivity index (χ3n) is 9.38. The molecular formula is C46H30Si. The zero-order chi connectivity index (χ0) is 31.2. The van der Waals surface area contributed by atoms with Gasteiger partial charge in [0.2, 0.25) is 0 Å². The number of benzene rings is 9. The Morgan fingerprint density at radius 2 is 0.894 bits per heavy atom. The van der Waals surface area contributed by atoms with Crippen LogP contribution in [0, 0.1) is 0 Å². The molecule has 0 fully saturated rings. The second-order valence-corrected chi connectivity index (χ2v) is 13.6. The smallest absolute Gasteiger partial charge is 0.0631 e. The molecule has 0 aromatic heterocycles. The van der Waals surface area contributed by atoms with E-state index in [0.717, 1.165) is 0 Å². The summed E-state index contributed by atoms with van der Waals surface area (Å²) in [6.45, 7) is 0. The van der Waals surface area contributed by atoms with Gasteiger partial charge in [0, 0.05) is 0 Å². The topological polar surface area (TPSA) is 0 Å². The lowest BCUT2D eigenvalue weighted by molar-refractivity contribution is 1.63. The Bertz CT molecular complexity index is 2590. The van der Waals surface area contributed by atoms with Gasteiger partial charge in [0.05, 0.1) is 0 Å². The van der Waals surface area contributed by atoms with Crippen molar-refractivity contribution in [3.63, 3.8) is 0 Å². The van der Waals surface area contributed by atoms with E-state index in [9.17, 15) is 0 Å². The molecule has 0 heterocycles. The summed E-state index contributed by atoms with van der Waals surface area (Å²) in [5.41, 5.74) is 7.57. The summed E-state index contributed by atoms with van der Waals surface area (Å²) in [6.07, 6.45) is 0. The first-order chi connectivity index (χ1) is 23.3. The third kappa shape index (κ3) is 4.93. The van der Waals surface area contributed by atoms with Crippen LogP contribution in [-0.2, 0) is 0 Å². The Morgan fingerprint density at radius 1 is 0.277 bits per heavy atom. The Balaban J connectivity index is 1.34. The average Bonchev–Trinajstić information content (AvgIpc) is 3.14. The van der Waals surface area contributed by atoms with E-state index in [-0.39, 0.29) is 0 Å². The Labute approximate surface area is 277 Å². The van der Waals surface area contributed by atoms with Gasteiger partial charge in [0.1, 0.15) is 9.52 Å². The molecular weight excluding hydrogens is 581 g/mol. The van der Waals surface area contributed by atoms with Gasteiger partial charge in [-0.3, -0.25) is 0 Å². The van der Waals surface area contributed by atoms with Gasteiger partial charge < -0.3 is 0 Å². The summed E-state index contributed by atoms with van der Waals surface area (Å²) in [5, 5.41) is 12.9. The minimum absolute atomic E-state index is 0.584. The van der Waals surface area contributed by atoms with Crippen LogP contribution in [0.5, 0.6) is 0 Å². The quantitative estimate of drug-likeness (QED) is 0.134. The molecule has 0 saturated heterocycles. The molecule has 0 aliphatic heterocycles. The van der Waals surface area contributed by atoms with Crippen molar-refractivity contribution >= 4 is 63.0 Å². The van der Waals surface area contributed by atoms with Crippen LogP contribution in [0.25, 0.3) is 76.5 Å². The maximum Gasteiger partial charge on any atom is 0.121 e. The van der Waals surface area contributed by atoms with E-state index in [0.29, 0.717) is 9.52 Å². The molecule has 0 aliphatic rings. The maximum atomic E-state index is 2.46. The lowest BCUT2D eigenvalue weighted by Gasteiger charge is -2.20. The monoisotopic (exact) mass is 610 g/mol. The Hall–Kier alpha value is -5.76. The lowest BCUT2D eigenvalue weighted by Crippen LogP contribution is -2.26. The van der Waals surface area contributed by atoms with Crippen LogP contribution in [-0.4, -0.2) is 9.52 Å². The zero-order valence-corrected chi connectivity index (χ0v) is 26.8. The van der Waals surface area contributed by atoms with Gasteiger partial charge in [0.15, 0.2) is 0 Å². The molecule has 0 atom stereocenters. The molecule has 0 aliphatic carbocycles. The molecule has 9 aromatic rings. The van der Waals surface area contributed by atoms with E-state index < -0.39 is 0 Å². The zero-order valence-electron chi connectivity index (χ0n) is 25.8. The van der Waals surface area contributed by atoms with Crippen LogP contribution >= 0.6 is 0 Å². The molecule has 0 amide bonds. The summed E-state index contributed by atoms with van der Waals surface area (Å²) in [4.78, 5) is 0. The van der Waals surface area contributed by atoms with Crippen LogP contribution < -0.4 is 10.4 Å². The normalized spacial score (nSPS) is 11.5. The van der Waals surface area contributed by atoms with E-state index in [1.807, 2.05) is 0 Å². The van der Waals surface area contributed by atoms with Crippen molar-refractivity contribution in [1.82, 2.24) is 0 Å². The highest BCUT2D eigenvalue weighted by molar-refractivity contribution is 6.67. The predicted octanol–water partition coefficient (Wildman–Crippen LogP) is 11.0. The van der Waals surface area contributed by atoms with Crippen LogP contribution in [0.4, 0.5) is 0 Å². The van der Waals surface area contributed by atoms with Gasteiger partial charge in [-0.2, -0.15) is 0 Å². The summed E-state index contributed by atoms with van der Waals surface area (Å²) in [5.74, 6) is 0. The first-order valence-corrected chi connectivity index (χ1v) is 17.2. The lowest BCUT2D eigenvalue weighted by atomic mass is 9.84. The van der Waals surface area contributed by atoms with Gasteiger partial charge in [0.25, 0.3) is 0 Å². The summed E-state index contributed by atoms with van der Waals surface area (Å²) < 4.78 is 0. The highest BCUT2D eigenvalue weighted by Gasteiger charge is 2.19. The largest absolute Gasteiger partial charge is 0.121 e. The van der Waals surface area contributed by atoms with Crippen molar-refractivity contribution in [2.45, 2.75) is 0 Å². The fourth-order valence-corrected chi connectivity index (χ4v) is 8.29. The molecule has 0 unspecified atom stereocenters. The number of hydrogen-bond acceptors (Lipinski definition) is 0. The highest BCUT2D eigenvalue weighted by atomic mass is 28.2. The number of fused-ring (bicyclic) bond motifs is 4. The van der Waals surface area contributed by atoms with Crippen molar-refractivity contribution in [2.24, 2.45) is 0 Å². The molecule has 0 spiro atoms. The number of hydrogen-bond donors (Lipinski definition) is 0. The molecule has 218 valence electrons. The van der Waals surface area contributed by atoms with Crippen LogP contribution in [0.1, 0.15) is 0 Å². The molecule has 0 saturated carbocycles. The second-order valence-electron chi connectivity index (χ2n) is 12.2. The fraction of sp³-hybridized carbons (Fsp3) is 0. The van der Waals surface area contributed by atoms with Crippen molar-refractivity contribution < 1.29 is 0 Å². The van der Waals surface area contributed by atoms with E-state index in [2.05, 4.69) is 182 Å². The van der Waals surface area contributed by atoms with Crippen LogP contribution in [0.15, 0.2) is 182 Å². The van der Waals surface area contributed by atoms with E-state index in [4.69, 9.17) is 0 Å². The minimum atomic E-state index is 0.584. The standard InChI is InChI=1S/C46H30Si/c1-2-18-37(19-3-1)47-38-26-27-43-44(30-38)45(36-17-10-16-34(29-36)35-25-24-31-12-4-5-14-33(31)28-35)41-21-8-9-22-42(41)46(43)40-23-11-15-32-13-6-7-20-39(32)40/h1-30H. The second kappa shape index (κ2) is 11.5. The van der Waals surface area contributed by atoms with Crippen molar-refractivity contribution in [1.29, 1.82) is 0 Å². The summed E-state index contributed by atoms with van der Waals surface area (Å²) in [6, 6.07) is 67.0. The highest BCUT2D eigenvalue weighted by Crippen LogP contribution is 2.45. The molecule has 47 heavy (non-hydrogen) atoms. The van der Waals surface area contributed by atoms with Gasteiger partial charge in [-0.05, 0) is 88.6 Å². The van der Waals surface area contributed by atoms with Crippen molar-refractivity contribution in [2.75, 3.05) is 0 Å². The molecule has 0 N–H and O–H groups in total. The molecule has 2 radical (unpaired) electrons. The maximum absolute atomic E-state index is 2.46. The van der Waals surface area contributed by atoms with Gasteiger partial charge in [-0.25, -0.2) is 0 Å². The van der Waals surface area contributed by atoms with E-state index in [1.54, 1.807) is 0 Å². The van der Waals surface area contributed by atoms with Crippen LogP contribution in [0.2, 0.25) is 0 Å². The summed E-state index contributed by atoms with van der Waals surface area (Å²) >= 11 is 0. The summed E-state index contributed by atoms with van der Waals surface area (Å²) in [7, 11) is 0.584. The van der Waals surface area contributed by atoms with Gasteiger partial charge in [-0.1, -0.05) is 180 Å². The molecule has 9 rings (SSSR count). The molecule has 1 heteroatoms. The van der Waals surface area contributed by atoms with Gasteiger partial charge >= 0.3 is 0 Å². The minimum Gasteiger partial charge on any atom is -0.0631 e. The van der Waals surface area contributed by atoms with Crippen LogP contribution in [0.3, 0.4) is 0 Å². The van der Waals surface area contributed by atoms with E-state index in [1.165, 1.54) is 86.8 Å². The molecule has 0 bridgehead atoms. The predicted molar refractivity (Wildman–Crippen MR) is 204 cm³/mol. The third-order valence-corrected chi connectivity index (χ3v) is 10.6. The van der Waals surface area contributed by atoms with Gasteiger partial charge in [-0.15, -0.1) is 0 Å². The SMILES string of the molecule is c1ccc([Si]c2ccc3c(-c4cccc5ccccc45)c4ccccc4c(-c4cccc(-c5ccc6ccccc6c5)c4)c3c2)cc1. The Morgan fingerprint density at radius 3 is 1.74 bits per heavy atom.